The quantitative estimate of drug-likeness (QED) is 0.755. The van der Waals surface area contributed by atoms with Crippen molar-refractivity contribution in [1.29, 1.82) is 0 Å². The molecule has 0 spiro atoms. The fourth-order valence-corrected chi connectivity index (χ4v) is 4.12. The monoisotopic (exact) mass is 413 g/mol. The molecular formula is C23H28ClN3O2. The second-order valence-electron chi connectivity index (χ2n) is 7.77. The van der Waals surface area contributed by atoms with Gasteiger partial charge >= 0.3 is 0 Å². The maximum absolute atomic E-state index is 13.4. The number of para-hydroxylation sites is 1. The number of carbonyl (C=O) groups excluding carboxylic acids is 2. The molecule has 1 fully saturated rings. The van der Waals surface area contributed by atoms with Crippen LogP contribution < -0.4 is 9.80 Å². The van der Waals surface area contributed by atoms with E-state index in [1.165, 1.54) is 6.42 Å². The zero-order valence-corrected chi connectivity index (χ0v) is 17.8. The van der Waals surface area contributed by atoms with Crippen molar-refractivity contribution in [3.05, 3.63) is 59.7 Å². The first kappa shape index (κ1) is 21.3. The highest BCUT2D eigenvalue weighted by atomic mass is 35.5. The van der Waals surface area contributed by atoms with Crippen LogP contribution in [0.3, 0.4) is 0 Å². The van der Waals surface area contributed by atoms with E-state index >= 15 is 0 Å². The molecule has 0 N–H and O–H groups in total. The van der Waals surface area contributed by atoms with Gasteiger partial charge in [0.15, 0.2) is 0 Å². The van der Waals surface area contributed by atoms with Crippen LogP contribution in [0.1, 0.15) is 42.1 Å². The first-order chi connectivity index (χ1) is 13.6. The number of rotatable bonds is 3. The van der Waals surface area contributed by atoms with Gasteiger partial charge in [0.1, 0.15) is 6.67 Å². The number of anilines is 2. The molecule has 2 aliphatic heterocycles. The Morgan fingerprint density at radius 1 is 0.966 bits per heavy atom. The molecule has 1 atom stereocenters. The van der Waals surface area contributed by atoms with Gasteiger partial charge in [-0.2, -0.15) is 0 Å². The molecule has 2 amide bonds. The highest BCUT2D eigenvalue weighted by Crippen LogP contribution is 2.31. The minimum atomic E-state index is -0.193. The Balaban J connectivity index is 0.00000240. The number of fused-ring (bicyclic) bond motifs is 1. The fourth-order valence-electron chi connectivity index (χ4n) is 4.12. The molecule has 29 heavy (non-hydrogen) atoms. The number of piperidine rings is 1. The largest absolute Gasteiger partial charge is 0.292 e. The third-order valence-corrected chi connectivity index (χ3v) is 5.86. The van der Waals surface area contributed by atoms with Crippen LogP contribution in [-0.4, -0.2) is 42.5 Å². The van der Waals surface area contributed by atoms with Crippen molar-refractivity contribution in [3.63, 3.8) is 0 Å². The van der Waals surface area contributed by atoms with Crippen LogP contribution in [0.4, 0.5) is 11.4 Å². The smallest absolute Gasteiger partial charge is 0.261 e. The number of hydrogen-bond donors (Lipinski definition) is 0. The summed E-state index contributed by atoms with van der Waals surface area (Å²) in [4.78, 5) is 32.3. The van der Waals surface area contributed by atoms with Crippen molar-refractivity contribution in [3.8, 4) is 0 Å². The third-order valence-electron chi connectivity index (χ3n) is 5.86. The van der Waals surface area contributed by atoms with Crippen LogP contribution in [0.5, 0.6) is 0 Å². The maximum Gasteiger partial charge on any atom is 0.261 e. The Morgan fingerprint density at radius 3 is 2.31 bits per heavy atom. The molecule has 1 saturated heterocycles. The van der Waals surface area contributed by atoms with E-state index in [1.54, 1.807) is 9.80 Å². The van der Waals surface area contributed by atoms with Crippen LogP contribution in [0.2, 0.25) is 0 Å². The Morgan fingerprint density at radius 2 is 1.62 bits per heavy atom. The number of hydrogen-bond acceptors (Lipinski definition) is 3. The molecule has 0 aliphatic carbocycles. The molecular weight excluding hydrogens is 386 g/mol. The lowest BCUT2D eigenvalue weighted by Gasteiger charge is -2.40. The van der Waals surface area contributed by atoms with Gasteiger partial charge in [0, 0.05) is 5.69 Å². The van der Waals surface area contributed by atoms with Crippen LogP contribution in [0.25, 0.3) is 0 Å². The van der Waals surface area contributed by atoms with Crippen molar-refractivity contribution < 1.29 is 9.59 Å². The van der Waals surface area contributed by atoms with E-state index in [-0.39, 0.29) is 36.9 Å². The van der Waals surface area contributed by atoms with Gasteiger partial charge in [0.25, 0.3) is 5.91 Å². The van der Waals surface area contributed by atoms with Gasteiger partial charge in [-0.25, -0.2) is 0 Å². The molecule has 2 aliphatic rings. The van der Waals surface area contributed by atoms with Crippen LogP contribution in [0.15, 0.2) is 48.5 Å². The highest BCUT2D eigenvalue weighted by Gasteiger charge is 2.36. The van der Waals surface area contributed by atoms with Gasteiger partial charge in [-0.3, -0.25) is 24.3 Å². The predicted octanol–water partition coefficient (Wildman–Crippen LogP) is 4.24. The Bertz CT molecular complexity index is 878. The van der Waals surface area contributed by atoms with Crippen molar-refractivity contribution in [2.45, 2.75) is 39.2 Å². The normalized spacial score (nSPS) is 18.1. The molecule has 0 saturated carbocycles. The van der Waals surface area contributed by atoms with Gasteiger partial charge in [-0.15, -0.1) is 12.4 Å². The van der Waals surface area contributed by atoms with Crippen LogP contribution >= 0.6 is 12.4 Å². The summed E-state index contributed by atoms with van der Waals surface area (Å²) in [5.41, 5.74) is 3.24. The summed E-state index contributed by atoms with van der Waals surface area (Å²) in [6.45, 7) is 6.18. The summed E-state index contributed by atoms with van der Waals surface area (Å²) in [7, 11) is 0. The van der Waals surface area contributed by atoms with Crippen LogP contribution in [0, 0.1) is 6.92 Å². The number of benzene rings is 2. The van der Waals surface area contributed by atoms with Gasteiger partial charge < -0.3 is 0 Å². The lowest BCUT2D eigenvalue weighted by molar-refractivity contribution is -0.123. The summed E-state index contributed by atoms with van der Waals surface area (Å²) in [6, 6.07) is 15.1. The van der Waals surface area contributed by atoms with Gasteiger partial charge in [0.05, 0.1) is 17.3 Å². The number of halogens is 1. The average molecular weight is 414 g/mol. The van der Waals surface area contributed by atoms with E-state index in [1.807, 2.05) is 62.4 Å². The molecule has 4 rings (SSSR count). The molecule has 6 heteroatoms. The number of amides is 2. The Hall–Kier alpha value is -2.37. The topological polar surface area (TPSA) is 43.9 Å². The van der Waals surface area contributed by atoms with Crippen LogP contribution in [-0.2, 0) is 4.79 Å². The van der Waals surface area contributed by atoms with Crippen molar-refractivity contribution >= 4 is 35.6 Å². The first-order valence-corrected chi connectivity index (χ1v) is 10.1. The highest BCUT2D eigenvalue weighted by molar-refractivity contribution is 6.15. The van der Waals surface area contributed by atoms with E-state index in [0.29, 0.717) is 11.3 Å². The van der Waals surface area contributed by atoms with Gasteiger partial charge in [-0.05, 0) is 64.0 Å². The Kier molecular flexibility index (Phi) is 6.60. The summed E-state index contributed by atoms with van der Waals surface area (Å²) >= 11 is 0. The van der Waals surface area contributed by atoms with Crippen molar-refractivity contribution in [1.82, 2.24) is 4.90 Å². The molecule has 2 heterocycles. The summed E-state index contributed by atoms with van der Waals surface area (Å²) in [5, 5.41) is 0. The molecule has 2 aromatic carbocycles. The SMILES string of the molecule is Cc1ccc(N2CN(C(=O)C(C)N3CCCCC3)c3ccccc3C2=O)cc1.Cl. The van der Waals surface area contributed by atoms with E-state index in [4.69, 9.17) is 0 Å². The number of carbonyl (C=O) groups is 2. The minimum Gasteiger partial charge on any atom is -0.292 e. The molecule has 0 radical (unpaired) electrons. The summed E-state index contributed by atoms with van der Waals surface area (Å²) in [6.07, 6.45) is 3.52. The third kappa shape index (κ3) is 4.16. The van der Waals surface area contributed by atoms with E-state index in [9.17, 15) is 9.59 Å². The lowest BCUT2D eigenvalue weighted by atomic mass is 10.0. The molecule has 2 aromatic rings. The fraction of sp³-hybridized carbons (Fsp3) is 0.391. The molecule has 154 valence electrons. The molecule has 5 nitrogen and oxygen atoms in total. The Labute approximate surface area is 178 Å². The molecule has 0 aromatic heterocycles. The minimum absolute atomic E-state index is 0. The summed E-state index contributed by atoms with van der Waals surface area (Å²) < 4.78 is 0. The van der Waals surface area contributed by atoms with Crippen molar-refractivity contribution in [2.24, 2.45) is 0 Å². The van der Waals surface area contributed by atoms with E-state index in [0.717, 1.165) is 37.2 Å². The zero-order chi connectivity index (χ0) is 19.7. The van der Waals surface area contributed by atoms with E-state index < -0.39 is 0 Å². The predicted molar refractivity (Wildman–Crippen MR) is 119 cm³/mol. The summed E-state index contributed by atoms with van der Waals surface area (Å²) in [5.74, 6) is -0.00640. The number of aryl methyl sites for hydroxylation is 1. The molecule has 0 bridgehead atoms. The maximum atomic E-state index is 13.4. The second-order valence-corrected chi connectivity index (χ2v) is 7.77. The average Bonchev–Trinajstić information content (AvgIpc) is 2.74. The lowest BCUT2D eigenvalue weighted by Crippen LogP contribution is -2.55. The second kappa shape index (κ2) is 8.97. The first-order valence-electron chi connectivity index (χ1n) is 10.1. The zero-order valence-electron chi connectivity index (χ0n) is 17.0. The molecule has 1 unspecified atom stereocenters. The van der Waals surface area contributed by atoms with Gasteiger partial charge in [-0.1, -0.05) is 36.2 Å². The standard InChI is InChI=1S/C23H27N3O2.ClH/c1-17-10-12-19(13-11-17)25-16-26(21-9-5-4-8-20(21)23(25)28)22(27)18(2)24-14-6-3-7-15-24;/h4-5,8-13,18H,3,6-7,14-16H2,1-2H3;1H. The van der Waals surface area contributed by atoms with E-state index in [2.05, 4.69) is 4.90 Å². The van der Waals surface area contributed by atoms with Crippen molar-refractivity contribution in [2.75, 3.05) is 29.6 Å². The number of likely N-dealkylation sites (tertiary alicyclic amines) is 1. The number of nitrogens with zero attached hydrogens (tertiary/aromatic N) is 3. The van der Waals surface area contributed by atoms with Gasteiger partial charge in [0.2, 0.25) is 5.91 Å².